The van der Waals surface area contributed by atoms with Crippen LogP contribution in [0.25, 0.3) is 10.9 Å². The standard InChI is InChI=1S/C21H22FN3O6/c1-31-19(27)10-18(26)24-6-4-23(5-7-24)17-9-16-13(8-15(17)22)20(28)14(21(29)30)11-25(16)12-2-3-12/h8-9,11-12H,2-7,10H2,1H3,(H,29,30). The van der Waals surface area contributed by atoms with Crippen molar-refractivity contribution >= 4 is 34.4 Å². The van der Waals surface area contributed by atoms with Gasteiger partial charge in [-0.15, -0.1) is 0 Å². The number of piperazine rings is 1. The minimum absolute atomic E-state index is 0.0416. The fourth-order valence-corrected chi connectivity index (χ4v) is 3.91. The Morgan fingerprint density at radius 3 is 2.42 bits per heavy atom. The Kier molecular flexibility index (Phi) is 5.38. The first-order chi connectivity index (χ1) is 14.8. The number of hydrogen-bond acceptors (Lipinski definition) is 6. The molecule has 1 amide bonds. The fourth-order valence-electron chi connectivity index (χ4n) is 3.91. The molecule has 1 saturated heterocycles. The van der Waals surface area contributed by atoms with Gasteiger partial charge in [0.05, 0.1) is 18.3 Å². The van der Waals surface area contributed by atoms with E-state index in [0.29, 0.717) is 37.4 Å². The molecule has 1 aromatic carbocycles. The summed E-state index contributed by atoms with van der Waals surface area (Å²) in [5, 5.41) is 9.38. The number of carbonyl (C=O) groups excluding carboxylic acids is 2. The lowest BCUT2D eigenvalue weighted by Crippen LogP contribution is -2.49. The summed E-state index contributed by atoms with van der Waals surface area (Å²) < 4.78 is 21.2. The molecule has 2 aromatic rings. The van der Waals surface area contributed by atoms with Crippen molar-refractivity contribution in [3.8, 4) is 0 Å². The number of esters is 1. The van der Waals surface area contributed by atoms with Crippen molar-refractivity contribution in [3.05, 3.63) is 39.9 Å². The summed E-state index contributed by atoms with van der Waals surface area (Å²) in [6, 6.07) is 2.78. The van der Waals surface area contributed by atoms with Gasteiger partial charge in [0, 0.05) is 43.8 Å². The summed E-state index contributed by atoms with van der Waals surface area (Å²) in [5.41, 5.74) is -0.283. The maximum absolute atomic E-state index is 15.0. The Labute approximate surface area is 176 Å². The molecule has 0 bridgehead atoms. The Hall–Kier alpha value is -3.43. The lowest BCUT2D eigenvalue weighted by Gasteiger charge is -2.36. The maximum Gasteiger partial charge on any atom is 0.341 e. The zero-order chi connectivity index (χ0) is 22.3. The highest BCUT2D eigenvalue weighted by Gasteiger charge is 2.29. The van der Waals surface area contributed by atoms with Crippen molar-refractivity contribution in [2.75, 3.05) is 38.2 Å². The van der Waals surface area contributed by atoms with Crippen LogP contribution in [0.4, 0.5) is 10.1 Å². The number of benzene rings is 1. The Balaban J connectivity index is 1.63. The van der Waals surface area contributed by atoms with Gasteiger partial charge in [-0.25, -0.2) is 9.18 Å². The Bertz CT molecular complexity index is 1130. The number of nitrogens with zero attached hydrogens (tertiary/aromatic N) is 3. The highest BCUT2D eigenvalue weighted by molar-refractivity contribution is 5.95. The number of aromatic nitrogens is 1. The molecule has 10 heteroatoms. The predicted octanol–water partition coefficient (Wildman–Crippen LogP) is 1.39. The van der Waals surface area contributed by atoms with Crippen LogP contribution in [0.1, 0.15) is 35.7 Å². The molecule has 0 unspecified atom stereocenters. The zero-order valence-corrected chi connectivity index (χ0v) is 17.0. The van der Waals surface area contributed by atoms with E-state index >= 15 is 0 Å². The monoisotopic (exact) mass is 431 g/mol. The zero-order valence-electron chi connectivity index (χ0n) is 17.0. The van der Waals surface area contributed by atoms with Gasteiger partial charge >= 0.3 is 11.9 Å². The average molecular weight is 431 g/mol. The molecule has 4 rings (SSSR count). The highest BCUT2D eigenvalue weighted by atomic mass is 19.1. The normalized spacial score (nSPS) is 16.5. The van der Waals surface area contributed by atoms with Crippen LogP contribution >= 0.6 is 0 Å². The van der Waals surface area contributed by atoms with Gasteiger partial charge in [0.15, 0.2) is 0 Å². The van der Waals surface area contributed by atoms with E-state index in [1.807, 2.05) is 0 Å². The third-order valence-electron chi connectivity index (χ3n) is 5.77. The third-order valence-corrected chi connectivity index (χ3v) is 5.77. The quantitative estimate of drug-likeness (QED) is 0.563. The van der Waals surface area contributed by atoms with Gasteiger partial charge in [-0.3, -0.25) is 14.4 Å². The van der Waals surface area contributed by atoms with Crippen molar-refractivity contribution in [2.24, 2.45) is 0 Å². The molecule has 1 aliphatic heterocycles. The molecule has 1 aliphatic carbocycles. The van der Waals surface area contributed by atoms with Gasteiger partial charge in [0.2, 0.25) is 11.3 Å². The molecule has 31 heavy (non-hydrogen) atoms. The number of methoxy groups -OCH3 is 1. The maximum atomic E-state index is 15.0. The fraction of sp³-hybridized carbons (Fsp3) is 0.429. The number of pyridine rings is 1. The molecule has 1 N–H and O–H groups in total. The number of aromatic carboxylic acids is 1. The van der Waals surface area contributed by atoms with E-state index in [1.165, 1.54) is 18.2 Å². The number of hydrogen-bond donors (Lipinski definition) is 1. The van der Waals surface area contributed by atoms with Crippen molar-refractivity contribution < 1.29 is 28.6 Å². The Morgan fingerprint density at radius 2 is 1.84 bits per heavy atom. The lowest BCUT2D eigenvalue weighted by atomic mass is 10.1. The molecule has 1 saturated carbocycles. The summed E-state index contributed by atoms with van der Waals surface area (Å²) in [7, 11) is 1.22. The van der Waals surface area contributed by atoms with E-state index in [0.717, 1.165) is 18.9 Å². The lowest BCUT2D eigenvalue weighted by molar-refractivity contribution is -0.146. The number of ether oxygens (including phenoxy) is 1. The van der Waals surface area contributed by atoms with Gasteiger partial charge in [-0.05, 0) is 25.0 Å². The van der Waals surface area contributed by atoms with E-state index in [2.05, 4.69) is 4.74 Å². The highest BCUT2D eigenvalue weighted by Crippen LogP contribution is 2.38. The minimum Gasteiger partial charge on any atom is -0.477 e. The first-order valence-electron chi connectivity index (χ1n) is 10.0. The molecular formula is C21H22FN3O6. The van der Waals surface area contributed by atoms with Crippen LogP contribution in [0.5, 0.6) is 0 Å². The van der Waals surface area contributed by atoms with Crippen LogP contribution in [0.3, 0.4) is 0 Å². The number of rotatable bonds is 5. The molecular weight excluding hydrogens is 409 g/mol. The van der Waals surface area contributed by atoms with Crippen molar-refractivity contribution in [1.82, 2.24) is 9.47 Å². The smallest absolute Gasteiger partial charge is 0.341 e. The summed E-state index contributed by atoms with van der Waals surface area (Å²) in [6.07, 6.45) is 2.74. The molecule has 0 spiro atoms. The van der Waals surface area contributed by atoms with Crippen molar-refractivity contribution in [3.63, 3.8) is 0 Å². The molecule has 2 fully saturated rings. The molecule has 0 radical (unpaired) electrons. The van der Waals surface area contributed by atoms with Gasteiger partial charge < -0.3 is 24.2 Å². The van der Waals surface area contributed by atoms with Gasteiger partial charge in [-0.2, -0.15) is 0 Å². The second-order valence-corrected chi connectivity index (χ2v) is 7.76. The van der Waals surface area contributed by atoms with E-state index in [4.69, 9.17) is 0 Å². The number of carboxylic acids is 1. The number of carboxylic acid groups (broad SMARTS) is 1. The van der Waals surface area contributed by atoms with Crippen LogP contribution in [-0.4, -0.2) is 65.7 Å². The SMILES string of the molecule is COC(=O)CC(=O)N1CCN(c2cc3c(cc2F)c(=O)c(C(=O)O)cn3C2CC2)CC1. The largest absolute Gasteiger partial charge is 0.477 e. The van der Waals surface area contributed by atoms with E-state index in [-0.39, 0.29) is 29.3 Å². The molecule has 0 atom stereocenters. The van der Waals surface area contributed by atoms with Crippen LogP contribution in [0, 0.1) is 5.82 Å². The van der Waals surface area contributed by atoms with E-state index in [9.17, 15) is 28.7 Å². The summed E-state index contributed by atoms with van der Waals surface area (Å²) in [6.45, 7) is 1.35. The topological polar surface area (TPSA) is 109 Å². The van der Waals surface area contributed by atoms with E-state index in [1.54, 1.807) is 15.5 Å². The first-order valence-corrected chi connectivity index (χ1v) is 10.0. The van der Waals surface area contributed by atoms with E-state index < -0.39 is 23.2 Å². The Morgan fingerprint density at radius 1 is 1.16 bits per heavy atom. The molecule has 164 valence electrons. The molecule has 1 aromatic heterocycles. The second-order valence-electron chi connectivity index (χ2n) is 7.76. The molecule has 2 heterocycles. The number of halogens is 1. The number of amides is 1. The average Bonchev–Trinajstić information content (AvgIpc) is 3.59. The second kappa shape index (κ2) is 8.01. The van der Waals surface area contributed by atoms with Crippen LogP contribution in [0.2, 0.25) is 0 Å². The number of fused-ring (bicyclic) bond motifs is 1. The van der Waals surface area contributed by atoms with Crippen LogP contribution in [-0.2, 0) is 14.3 Å². The van der Waals surface area contributed by atoms with Gasteiger partial charge in [0.25, 0.3) is 0 Å². The molecule has 9 nitrogen and oxygen atoms in total. The number of carbonyl (C=O) groups is 3. The summed E-state index contributed by atoms with van der Waals surface area (Å²) >= 11 is 0. The van der Waals surface area contributed by atoms with Gasteiger partial charge in [-0.1, -0.05) is 0 Å². The minimum atomic E-state index is -1.33. The first kappa shape index (κ1) is 20.8. The number of anilines is 1. The van der Waals surface area contributed by atoms with Crippen molar-refractivity contribution in [1.29, 1.82) is 0 Å². The predicted molar refractivity (Wildman–Crippen MR) is 109 cm³/mol. The van der Waals surface area contributed by atoms with Crippen LogP contribution in [0.15, 0.2) is 23.1 Å². The van der Waals surface area contributed by atoms with Crippen molar-refractivity contribution in [2.45, 2.75) is 25.3 Å². The summed E-state index contributed by atoms with van der Waals surface area (Å²) in [5.74, 6) is -2.90. The summed E-state index contributed by atoms with van der Waals surface area (Å²) in [4.78, 5) is 50.8. The van der Waals surface area contributed by atoms with Crippen LogP contribution < -0.4 is 10.3 Å². The molecule has 2 aliphatic rings. The van der Waals surface area contributed by atoms with Gasteiger partial charge in [0.1, 0.15) is 17.8 Å². The third kappa shape index (κ3) is 3.97.